The van der Waals surface area contributed by atoms with Crippen molar-refractivity contribution >= 4 is 45.3 Å². The van der Waals surface area contributed by atoms with E-state index in [-0.39, 0.29) is 17.7 Å². The average Bonchev–Trinajstić information content (AvgIpc) is 3.48. The number of allylic oxidation sites excluding steroid dienone is 1. The summed E-state index contributed by atoms with van der Waals surface area (Å²) in [4.78, 5) is 43.2. The Bertz CT molecular complexity index is 1780. The van der Waals surface area contributed by atoms with E-state index in [1.807, 2.05) is 30.3 Å². The molecule has 1 atom stereocenters. The summed E-state index contributed by atoms with van der Waals surface area (Å²) in [5.74, 6) is 0.554. The smallest absolute Gasteiger partial charge is 0.338 e. The van der Waals surface area contributed by atoms with E-state index in [1.54, 1.807) is 50.3 Å². The van der Waals surface area contributed by atoms with Crippen molar-refractivity contribution in [1.29, 1.82) is 0 Å². The first-order valence-electron chi connectivity index (χ1n) is 12.1. The van der Waals surface area contributed by atoms with Crippen molar-refractivity contribution in [2.24, 2.45) is 4.99 Å². The molecule has 3 heterocycles. The number of hydrogen-bond acceptors (Lipinski definition) is 8. The number of carbonyl (C=O) groups is 2. The van der Waals surface area contributed by atoms with Crippen LogP contribution in [-0.2, 0) is 14.3 Å². The van der Waals surface area contributed by atoms with Crippen LogP contribution in [0.15, 0.2) is 90.6 Å². The summed E-state index contributed by atoms with van der Waals surface area (Å²) >= 11 is 4.64. The molecule has 0 fully saturated rings. The molecule has 0 saturated carbocycles. The van der Waals surface area contributed by atoms with Crippen molar-refractivity contribution in [1.82, 2.24) is 4.57 Å². The largest absolute Gasteiger partial charge is 0.463 e. The average molecular weight is 607 g/mol. The lowest BCUT2D eigenvalue weighted by atomic mass is 9.96. The van der Waals surface area contributed by atoms with E-state index in [2.05, 4.69) is 20.9 Å². The normalized spacial score (nSPS) is 15.1. The second-order valence-electron chi connectivity index (χ2n) is 8.67. The molecule has 0 bridgehead atoms. The zero-order valence-corrected chi connectivity index (χ0v) is 23.7. The number of carbonyl (C=O) groups excluding carboxylic acids is 2. The Morgan fingerprint density at radius 2 is 1.82 bits per heavy atom. The third-order valence-electron chi connectivity index (χ3n) is 6.00. The van der Waals surface area contributed by atoms with Crippen LogP contribution in [0.2, 0.25) is 0 Å². The number of fused-ring (bicyclic) bond motifs is 1. The first kappa shape index (κ1) is 26.6. The number of rotatable bonds is 6. The number of aromatic nitrogens is 1. The Morgan fingerprint density at radius 1 is 1.10 bits per heavy atom. The topological polar surface area (TPSA) is 100 Å². The highest BCUT2D eigenvalue weighted by atomic mass is 79.9. The van der Waals surface area contributed by atoms with Crippen LogP contribution in [0, 0.1) is 0 Å². The van der Waals surface area contributed by atoms with Crippen molar-refractivity contribution in [2.75, 3.05) is 6.61 Å². The zero-order chi connectivity index (χ0) is 27.7. The maximum atomic E-state index is 13.8. The van der Waals surface area contributed by atoms with Gasteiger partial charge in [-0.25, -0.2) is 9.79 Å². The van der Waals surface area contributed by atoms with Crippen molar-refractivity contribution in [2.45, 2.75) is 26.8 Å². The van der Waals surface area contributed by atoms with Gasteiger partial charge in [-0.15, -0.1) is 0 Å². The van der Waals surface area contributed by atoms with E-state index in [9.17, 15) is 14.4 Å². The van der Waals surface area contributed by atoms with Crippen molar-refractivity contribution in [3.05, 3.63) is 107 Å². The lowest BCUT2D eigenvalue weighted by Gasteiger charge is -2.24. The minimum absolute atomic E-state index is 0.178. The summed E-state index contributed by atoms with van der Waals surface area (Å²) < 4.78 is 19.3. The molecule has 0 amide bonds. The van der Waals surface area contributed by atoms with Crippen molar-refractivity contribution in [3.8, 4) is 17.1 Å². The summed E-state index contributed by atoms with van der Waals surface area (Å²) in [6.07, 6.45) is 1.68. The van der Waals surface area contributed by atoms with Gasteiger partial charge in [0.2, 0.25) is 0 Å². The molecule has 0 saturated heterocycles. The predicted octanol–water partition coefficient (Wildman–Crippen LogP) is 4.75. The number of esters is 2. The molecule has 1 unspecified atom stereocenters. The molecule has 0 aliphatic carbocycles. The van der Waals surface area contributed by atoms with Gasteiger partial charge in [0.1, 0.15) is 17.3 Å². The number of ether oxygens (including phenoxy) is 2. The maximum absolute atomic E-state index is 13.8. The van der Waals surface area contributed by atoms with E-state index in [0.717, 1.165) is 10.0 Å². The van der Waals surface area contributed by atoms with Gasteiger partial charge in [0.15, 0.2) is 4.80 Å². The van der Waals surface area contributed by atoms with Crippen LogP contribution in [0.25, 0.3) is 17.4 Å². The van der Waals surface area contributed by atoms with Crippen LogP contribution in [0.5, 0.6) is 5.75 Å². The molecular weight excluding hydrogens is 584 g/mol. The molecule has 8 nitrogen and oxygen atoms in total. The number of thiazole rings is 1. The fourth-order valence-corrected chi connectivity index (χ4v) is 5.61. The quantitative estimate of drug-likeness (QED) is 0.232. The lowest BCUT2D eigenvalue weighted by molar-refractivity contribution is -0.139. The minimum Gasteiger partial charge on any atom is -0.463 e. The monoisotopic (exact) mass is 606 g/mol. The fourth-order valence-electron chi connectivity index (χ4n) is 4.32. The maximum Gasteiger partial charge on any atom is 0.338 e. The van der Waals surface area contributed by atoms with Crippen molar-refractivity contribution in [3.63, 3.8) is 0 Å². The number of nitrogens with zero attached hydrogens (tertiary/aromatic N) is 2. The molecule has 2 aromatic heterocycles. The van der Waals surface area contributed by atoms with Crippen LogP contribution in [0.3, 0.4) is 0 Å². The van der Waals surface area contributed by atoms with E-state index < -0.39 is 18.0 Å². The highest BCUT2D eigenvalue weighted by Crippen LogP contribution is 2.32. The molecule has 5 rings (SSSR count). The second-order valence-corrected chi connectivity index (χ2v) is 10.6. The number of hydrogen-bond donors (Lipinski definition) is 0. The molecular formula is C29H23BrN2O6S. The Hall–Kier alpha value is -4.02. The van der Waals surface area contributed by atoms with Gasteiger partial charge in [-0.05, 0) is 55.8 Å². The molecule has 2 aromatic carbocycles. The van der Waals surface area contributed by atoms with Gasteiger partial charge in [-0.2, -0.15) is 0 Å². The molecule has 1 aliphatic heterocycles. The van der Waals surface area contributed by atoms with Crippen LogP contribution in [-0.4, -0.2) is 23.1 Å². The Balaban J connectivity index is 1.61. The zero-order valence-electron chi connectivity index (χ0n) is 21.3. The summed E-state index contributed by atoms with van der Waals surface area (Å²) in [6, 6.07) is 17.3. The highest BCUT2D eigenvalue weighted by Gasteiger charge is 2.33. The molecule has 10 heteroatoms. The fraction of sp³-hybridized carbons (Fsp3) is 0.172. The van der Waals surface area contributed by atoms with Gasteiger partial charge in [0.25, 0.3) is 5.56 Å². The van der Waals surface area contributed by atoms with Gasteiger partial charge >= 0.3 is 11.9 Å². The van der Waals surface area contributed by atoms with Gasteiger partial charge in [-0.3, -0.25) is 14.2 Å². The summed E-state index contributed by atoms with van der Waals surface area (Å²) in [5, 5.41) is 0. The van der Waals surface area contributed by atoms with Gasteiger partial charge in [0.05, 0.1) is 28.5 Å². The lowest BCUT2D eigenvalue weighted by Crippen LogP contribution is -2.39. The van der Waals surface area contributed by atoms with Gasteiger partial charge in [0, 0.05) is 23.0 Å². The van der Waals surface area contributed by atoms with E-state index in [0.29, 0.717) is 37.9 Å². The summed E-state index contributed by atoms with van der Waals surface area (Å²) in [6.45, 7) is 4.94. The van der Waals surface area contributed by atoms with E-state index in [4.69, 9.17) is 13.9 Å². The third kappa shape index (κ3) is 5.43. The number of halogens is 1. The Kier molecular flexibility index (Phi) is 7.49. The first-order chi connectivity index (χ1) is 18.7. The van der Waals surface area contributed by atoms with E-state index >= 15 is 0 Å². The Labute approximate surface area is 235 Å². The summed E-state index contributed by atoms with van der Waals surface area (Å²) in [5.41, 5.74) is 1.97. The number of benzene rings is 2. The SMILES string of the molecule is CCOC(=O)C1=C(C)N=c2s/c(=C/c3ccc(-c4ccc(Br)cc4)o3)c(=O)n2C1c1ccc(OC(C)=O)cc1. The molecule has 1 aliphatic rings. The highest BCUT2D eigenvalue weighted by molar-refractivity contribution is 9.10. The van der Waals surface area contributed by atoms with Crippen molar-refractivity contribution < 1.29 is 23.5 Å². The standard InChI is InChI=1S/C29H23BrN2O6S/c1-4-36-28(35)25-16(2)31-29-32(26(25)19-7-11-21(12-8-19)37-17(3)33)27(34)24(39-29)15-22-13-14-23(38-22)18-5-9-20(30)10-6-18/h5-15,26H,4H2,1-3H3/b24-15+. The third-order valence-corrected chi connectivity index (χ3v) is 7.51. The van der Waals surface area contributed by atoms with E-state index in [1.165, 1.54) is 22.8 Å². The molecule has 39 heavy (non-hydrogen) atoms. The molecule has 4 aromatic rings. The van der Waals surface area contributed by atoms with Crippen LogP contribution >= 0.6 is 27.3 Å². The van der Waals surface area contributed by atoms with Gasteiger partial charge in [-0.1, -0.05) is 51.5 Å². The predicted molar refractivity (Wildman–Crippen MR) is 150 cm³/mol. The second kappa shape index (κ2) is 11.0. The van der Waals surface area contributed by atoms with Crippen LogP contribution < -0.4 is 19.6 Å². The number of furan rings is 1. The minimum atomic E-state index is -0.774. The molecule has 0 spiro atoms. The van der Waals surface area contributed by atoms with Gasteiger partial charge < -0.3 is 13.9 Å². The van der Waals surface area contributed by atoms with Crippen LogP contribution in [0.4, 0.5) is 0 Å². The summed E-state index contributed by atoms with van der Waals surface area (Å²) in [7, 11) is 0. The molecule has 0 radical (unpaired) electrons. The molecule has 198 valence electrons. The first-order valence-corrected chi connectivity index (χ1v) is 13.7. The van der Waals surface area contributed by atoms with Crippen LogP contribution in [0.1, 0.15) is 38.1 Å². The molecule has 0 N–H and O–H groups in total. The Morgan fingerprint density at radius 3 is 2.49 bits per heavy atom.